The summed E-state index contributed by atoms with van der Waals surface area (Å²) in [6.45, 7) is 8.17. The van der Waals surface area contributed by atoms with Crippen LogP contribution in [0.3, 0.4) is 0 Å². The van der Waals surface area contributed by atoms with E-state index in [1.807, 2.05) is 12.1 Å². The molecule has 0 spiro atoms. The number of hydrogen-bond donors (Lipinski definition) is 1. The first kappa shape index (κ1) is 14.5. The number of carbonyl (C=O) groups is 1. The second kappa shape index (κ2) is 7.00. The van der Waals surface area contributed by atoms with Crippen molar-refractivity contribution >= 4 is 12.0 Å². The molecular formula is C16H22O2. The van der Waals surface area contributed by atoms with Crippen molar-refractivity contribution in [2.24, 2.45) is 5.92 Å². The summed E-state index contributed by atoms with van der Waals surface area (Å²) in [6, 6.07) is 5.46. The second-order valence-corrected chi connectivity index (χ2v) is 4.82. The molecule has 0 fully saturated rings. The largest absolute Gasteiger partial charge is 0.478 e. The molecule has 0 heterocycles. The summed E-state index contributed by atoms with van der Waals surface area (Å²) >= 11 is 0. The zero-order chi connectivity index (χ0) is 13.5. The molecule has 2 nitrogen and oxygen atoms in total. The van der Waals surface area contributed by atoms with Gasteiger partial charge in [-0.2, -0.15) is 0 Å². The highest BCUT2D eigenvalue weighted by Gasteiger charge is 2.11. The first-order valence-corrected chi connectivity index (χ1v) is 6.57. The van der Waals surface area contributed by atoms with E-state index >= 15 is 0 Å². The third-order valence-electron chi connectivity index (χ3n) is 3.32. The third-order valence-corrected chi connectivity index (χ3v) is 3.32. The fourth-order valence-corrected chi connectivity index (χ4v) is 2.30. The molecule has 18 heavy (non-hydrogen) atoms. The highest BCUT2D eigenvalue weighted by Crippen LogP contribution is 2.21. The fourth-order valence-electron chi connectivity index (χ4n) is 2.30. The van der Waals surface area contributed by atoms with Gasteiger partial charge in [-0.3, -0.25) is 0 Å². The minimum atomic E-state index is -0.881. The van der Waals surface area contributed by atoms with Crippen molar-refractivity contribution in [1.29, 1.82) is 0 Å². The van der Waals surface area contributed by atoms with Gasteiger partial charge in [0.1, 0.15) is 0 Å². The number of aryl methyl sites for hydroxylation is 1. The van der Waals surface area contributed by atoms with Crippen LogP contribution in [0.15, 0.2) is 24.8 Å². The first-order valence-electron chi connectivity index (χ1n) is 6.57. The second-order valence-electron chi connectivity index (χ2n) is 4.82. The topological polar surface area (TPSA) is 37.3 Å². The van der Waals surface area contributed by atoms with Crippen LogP contribution >= 0.6 is 0 Å². The van der Waals surface area contributed by atoms with Crippen molar-refractivity contribution in [3.05, 3.63) is 41.5 Å². The Morgan fingerprint density at radius 2 is 2.17 bits per heavy atom. The van der Waals surface area contributed by atoms with Gasteiger partial charge >= 0.3 is 5.97 Å². The minimum absolute atomic E-state index is 0.352. The lowest BCUT2D eigenvalue weighted by Crippen LogP contribution is -2.04. The molecule has 1 aromatic carbocycles. The van der Waals surface area contributed by atoms with Crippen molar-refractivity contribution in [3.8, 4) is 0 Å². The Labute approximate surface area is 109 Å². The van der Waals surface area contributed by atoms with Crippen LogP contribution in [0.2, 0.25) is 0 Å². The maximum Gasteiger partial charge on any atom is 0.336 e. The normalized spacial score (nSPS) is 12.1. The molecule has 0 aliphatic carbocycles. The Kier molecular flexibility index (Phi) is 5.63. The van der Waals surface area contributed by atoms with E-state index in [1.165, 1.54) is 12.8 Å². The van der Waals surface area contributed by atoms with Gasteiger partial charge in [-0.15, -0.1) is 0 Å². The summed E-state index contributed by atoms with van der Waals surface area (Å²) < 4.78 is 0. The van der Waals surface area contributed by atoms with E-state index in [0.29, 0.717) is 11.5 Å². The van der Waals surface area contributed by atoms with Crippen LogP contribution in [0.5, 0.6) is 0 Å². The molecule has 2 heteroatoms. The van der Waals surface area contributed by atoms with Crippen LogP contribution in [-0.4, -0.2) is 11.1 Å². The van der Waals surface area contributed by atoms with Crippen molar-refractivity contribution in [2.75, 3.05) is 0 Å². The number of carboxylic acid groups (broad SMARTS) is 1. The standard InChI is InChI=1S/C16H22O2/c1-4-7-12(3)10-11-13-8-6-9-15(16(17)18)14(13)5-2/h5-6,8-9,12H,2,4,7,10-11H2,1,3H3,(H,17,18). The van der Waals surface area contributed by atoms with Gasteiger partial charge in [0.15, 0.2) is 0 Å². The Bertz CT molecular complexity index is 421. The molecule has 98 valence electrons. The smallest absolute Gasteiger partial charge is 0.336 e. The van der Waals surface area contributed by atoms with Gasteiger partial charge in [-0.1, -0.05) is 51.5 Å². The van der Waals surface area contributed by atoms with Gasteiger partial charge in [-0.25, -0.2) is 4.79 Å². The highest BCUT2D eigenvalue weighted by molar-refractivity contribution is 5.92. The van der Waals surface area contributed by atoms with E-state index in [2.05, 4.69) is 20.4 Å². The van der Waals surface area contributed by atoms with Crippen molar-refractivity contribution in [1.82, 2.24) is 0 Å². The van der Waals surface area contributed by atoms with Gasteiger partial charge in [0.25, 0.3) is 0 Å². The molecule has 0 saturated heterocycles. The molecule has 0 radical (unpaired) electrons. The minimum Gasteiger partial charge on any atom is -0.478 e. The zero-order valence-corrected chi connectivity index (χ0v) is 11.3. The van der Waals surface area contributed by atoms with E-state index < -0.39 is 5.97 Å². The Hall–Kier alpha value is -1.57. The van der Waals surface area contributed by atoms with Crippen LogP contribution in [0.4, 0.5) is 0 Å². The SMILES string of the molecule is C=Cc1c(CCC(C)CCC)cccc1C(=O)O. The molecule has 1 rings (SSSR count). The lowest BCUT2D eigenvalue weighted by atomic mass is 9.93. The van der Waals surface area contributed by atoms with Crippen LogP contribution in [-0.2, 0) is 6.42 Å². The van der Waals surface area contributed by atoms with Crippen LogP contribution in [0.1, 0.15) is 54.6 Å². The molecule has 0 saturated carbocycles. The molecule has 0 aromatic heterocycles. The molecule has 1 aromatic rings. The average Bonchev–Trinajstić information content (AvgIpc) is 2.36. The number of aromatic carboxylic acids is 1. The molecule has 1 N–H and O–H groups in total. The first-order chi connectivity index (χ1) is 8.60. The van der Waals surface area contributed by atoms with Crippen molar-refractivity contribution in [3.63, 3.8) is 0 Å². The maximum atomic E-state index is 11.1. The van der Waals surface area contributed by atoms with E-state index in [1.54, 1.807) is 12.1 Å². The highest BCUT2D eigenvalue weighted by atomic mass is 16.4. The van der Waals surface area contributed by atoms with Crippen molar-refractivity contribution < 1.29 is 9.90 Å². The van der Waals surface area contributed by atoms with E-state index in [0.717, 1.165) is 24.0 Å². The van der Waals surface area contributed by atoms with Gasteiger partial charge in [0, 0.05) is 0 Å². The Balaban J connectivity index is 2.85. The molecule has 0 amide bonds. The number of rotatable bonds is 7. The molecular weight excluding hydrogens is 224 g/mol. The quantitative estimate of drug-likeness (QED) is 0.774. The third kappa shape index (κ3) is 3.73. The summed E-state index contributed by atoms with van der Waals surface area (Å²) in [6.07, 6.45) is 6.09. The lowest BCUT2D eigenvalue weighted by Gasteiger charge is -2.12. The monoisotopic (exact) mass is 246 g/mol. The van der Waals surface area contributed by atoms with Gasteiger partial charge in [-0.05, 0) is 36.0 Å². The van der Waals surface area contributed by atoms with Gasteiger partial charge in [0.2, 0.25) is 0 Å². The lowest BCUT2D eigenvalue weighted by molar-refractivity contribution is 0.0696. The van der Waals surface area contributed by atoms with E-state index in [4.69, 9.17) is 5.11 Å². The summed E-state index contributed by atoms with van der Waals surface area (Å²) in [5.74, 6) is -0.200. The molecule has 0 bridgehead atoms. The van der Waals surface area contributed by atoms with Gasteiger partial charge in [0.05, 0.1) is 5.56 Å². The Morgan fingerprint density at radius 3 is 2.72 bits per heavy atom. The summed E-state index contributed by atoms with van der Waals surface area (Å²) in [4.78, 5) is 11.1. The predicted molar refractivity (Wildman–Crippen MR) is 75.9 cm³/mol. The molecule has 1 atom stereocenters. The maximum absolute atomic E-state index is 11.1. The summed E-state index contributed by atoms with van der Waals surface area (Å²) in [5.41, 5.74) is 2.21. The number of hydrogen-bond acceptors (Lipinski definition) is 1. The Morgan fingerprint density at radius 1 is 1.44 bits per heavy atom. The van der Waals surface area contributed by atoms with Crippen LogP contribution in [0.25, 0.3) is 6.08 Å². The number of benzene rings is 1. The van der Waals surface area contributed by atoms with Crippen LogP contribution in [0, 0.1) is 5.92 Å². The van der Waals surface area contributed by atoms with Crippen LogP contribution < -0.4 is 0 Å². The molecule has 1 unspecified atom stereocenters. The summed E-state index contributed by atoms with van der Waals surface area (Å²) in [7, 11) is 0. The van der Waals surface area contributed by atoms with E-state index in [9.17, 15) is 4.79 Å². The predicted octanol–water partition coefficient (Wildman–Crippen LogP) is 4.40. The molecule has 0 aliphatic heterocycles. The van der Waals surface area contributed by atoms with Crippen molar-refractivity contribution in [2.45, 2.75) is 39.5 Å². The molecule has 0 aliphatic rings. The average molecular weight is 246 g/mol. The number of carboxylic acids is 1. The van der Waals surface area contributed by atoms with Gasteiger partial charge < -0.3 is 5.11 Å². The zero-order valence-electron chi connectivity index (χ0n) is 11.3. The summed E-state index contributed by atoms with van der Waals surface area (Å²) in [5, 5.41) is 9.14. The van der Waals surface area contributed by atoms with E-state index in [-0.39, 0.29) is 0 Å². The fraction of sp³-hybridized carbons (Fsp3) is 0.438.